The quantitative estimate of drug-likeness (QED) is 0.688. The van der Waals surface area contributed by atoms with Crippen molar-refractivity contribution in [2.75, 3.05) is 18.0 Å². The van der Waals surface area contributed by atoms with E-state index in [2.05, 4.69) is 10.00 Å². The molecule has 1 aliphatic heterocycles. The summed E-state index contributed by atoms with van der Waals surface area (Å²) in [6, 6.07) is 0.624. The van der Waals surface area contributed by atoms with Gasteiger partial charge in [-0.25, -0.2) is 4.68 Å². The number of carbonyl (C=O) groups is 1. The lowest BCUT2D eigenvalue weighted by molar-refractivity contribution is -0.119. The van der Waals surface area contributed by atoms with Crippen LogP contribution in [0.1, 0.15) is 12.8 Å². The Morgan fingerprint density at radius 2 is 2.11 bits per heavy atom. The minimum absolute atomic E-state index is 0.00838. The lowest BCUT2D eigenvalue weighted by atomic mass is 10.3. The molecular weight excluding hydrogens is 234 g/mol. The number of rotatable bonds is 4. The van der Waals surface area contributed by atoms with Crippen molar-refractivity contribution >= 4 is 11.6 Å². The molecule has 2 heterocycles. The van der Waals surface area contributed by atoms with Gasteiger partial charge in [0.25, 0.3) is 5.56 Å². The number of amides is 1. The SMILES string of the molecule is NC(=O)C(N)Cn1ncc(N2CCCC2)cc1=O. The molecule has 0 bridgehead atoms. The molecule has 1 aliphatic rings. The summed E-state index contributed by atoms with van der Waals surface area (Å²) in [5, 5.41) is 4.02. The zero-order chi connectivity index (χ0) is 13.1. The Kier molecular flexibility index (Phi) is 3.61. The number of nitrogens with zero attached hydrogens (tertiary/aromatic N) is 3. The van der Waals surface area contributed by atoms with E-state index in [9.17, 15) is 9.59 Å². The predicted molar refractivity (Wildman–Crippen MR) is 67.1 cm³/mol. The van der Waals surface area contributed by atoms with Crippen molar-refractivity contribution in [1.29, 1.82) is 0 Å². The molecule has 18 heavy (non-hydrogen) atoms. The average Bonchev–Trinajstić information content (AvgIpc) is 2.85. The van der Waals surface area contributed by atoms with Gasteiger partial charge in [-0.2, -0.15) is 5.10 Å². The van der Waals surface area contributed by atoms with Crippen molar-refractivity contribution in [1.82, 2.24) is 9.78 Å². The van der Waals surface area contributed by atoms with Gasteiger partial charge in [0.1, 0.15) is 6.04 Å². The highest BCUT2D eigenvalue weighted by Crippen LogP contribution is 2.16. The molecule has 1 atom stereocenters. The average molecular weight is 251 g/mol. The Morgan fingerprint density at radius 1 is 1.44 bits per heavy atom. The highest BCUT2D eigenvalue weighted by molar-refractivity contribution is 5.79. The molecule has 0 aromatic carbocycles. The van der Waals surface area contributed by atoms with Crippen molar-refractivity contribution in [3.05, 3.63) is 22.6 Å². The maximum Gasteiger partial charge on any atom is 0.268 e. The van der Waals surface area contributed by atoms with Gasteiger partial charge in [0.2, 0.25) is 5.91 Å². The van der Waals surface area contributed by atoms with Gasteiger partial charge in [0.05, 0.1) is 18.4 Å². The van der Waals surface area contributed by atoms with Crippen molar-refractivity contribution in [2.24, 2.45) is 11.5 Å². The van der Waals surface area contributed by atoms with Crippen LogP contribution in [0.3, 0.4) is 0 Å². The van der Waals surface area contributed by atoms with Crippen LogP contribution in [0.2, 0.25) is 0 Å². The van der Waals surface area contributed by atoms with E-state index in [1.165, 1.54) is 6.07 Å². The van der Waals surface area contributed by atoms with Crippen molar-refractivity contribution in [3.63, 3.8) is 0 Å². The number of primary amides is 1. The zero-order valence-electron chi connectivity index (χ0n) is 10.1. The first kappa shape index (κ1) is 12.6. The fraction of sp³-hybridized carbons (Fsp3) is 0.545. The third-order valence-electron chi connectivity index (χ3n) is 3.06. The minimum atomic E-state index is -0.896. The van der Waals surface area contributed by atoms with Crippen LogP contribution in [0.5, 0.6) is 0 Å². The molecule has 2 rings (SSSR count). The summed E-state index contributed by atoms with van der Waals surface area (Å²) in [6.07, 6.45) is 3.89. The first-order valence-corrected chi connectivity index (χ1v) is 5.95. The number of aromatic nitrogens is 2. The van der Waals surface area contributed by atoms with E-state index in [0.29, 0.717) is 0 Å². The lowest BCUT2D eigenvalue weighted by Crippen LogP contribution is -2.42. The van der Waals surface area contributed by atoms with Crippen LogP contribution in [0.4, 0.5) is 5.69 Å². The second-order valence-corrected chi connectivity index (χ2v) is 4.44. The second kappa shape index (κ2) is 5.18. The van der Waals surface area contributed by atoms with Crippen molar-refractivity contribution in [3.8, 4) is 0 Å². The van der Waals surface area contributed by atoms with E-state index in [1.807, 2.05) is 0 Å². The van der Waals surface area contributed by atoms with E-state index >= 15 is 0 Å². The summed E-state index contributed by atoms with van der Waals surface area (Å²) in [6.45, 7) is 1.91. The van der Waals surface area contributed by atoms with Gasteiger partial charge >= 0.3 is 0 Å². The van der Waals surface area contributed by atoms with Gasteiger partial charge in [0, 0.05) is 19.2 Å². The van der Waals surface area contributed by atoms with Crippen LogP contribution < -0.4 is 21.9 Å². The predicted octanol–water partition coefficient (Wildman–Crippen LogP) is -1.34. The lowest BCUT2D eigenvalue weighted by Gasteiger charge is -2.17. The Hall–Kier alpha value is -1.89. The molecule has 98 valence electrons. The molecule has 4 N–H and O–H groups in total. The standard InChI is InChI=1S/C11H17N5O2/c12-9(11(13)18)7-16-10(17)5-8(6-14-16)15-3-1-2-4-15/h5-6,9H,1-4,7,12H2,(H2,13,18). The Bertz CT molecular complexity index is 492. The third-order valence-corrected chi connectivity index (χ3v) is 3.06. The monoisotopic (exact) mass is 251 g/mol. The van der Waals surface area contributed by atoms with Crippen molar-refractivity contribution in [2.45, 2.75) is 25.4 Å². The zero-order valence-corrected chi connectivity index (χ0v) is 10.1. The maximum atomic E-state index is 11.8. The first-order chi connectivity index (χ1) is 8.58. The van der Waals surface area contributed by atoms with Crippen molar-refractivity contribution < 1.29 is 4.79 Å². The molecule has 0 radical (unpaired) electrons. The van der Waals surface area contributed by atoms with Crippen LogP contribution in [-0.2, 0) is 11.3 Å². The molecular formula is C11H17N5O2. The number of anilines is 1. The number of hydrogen-bond donors (Lipinski definition) is 2. The fourth-order valence-corrected chi connectivity index (χ4v) is 1.99. The van der Waals surface area contributed by atoms with E-state index in [1.54, 1.807) is 6.20 Å². The fourth-order valence-electron chi connectivity index (χ4n) is 1.99. The number of hydrogen-bond acceptors (Lipinski definition) is 5. The largest absolute Gasteiger partial charge is 0.370 e. The Morgan fingerprint density at radius 3 is 2.67 bits per heavy atom. The van der Waals surface area contributed by atoms with E-state index in [0.717, 1.165) is 36.3 Å². The first-order valence-electron chi connectivity index (χ1n) is 5.95. The van der Waals surface area contributed by atoms with Crippen LogP contribution in [0, 0.1) is 0 Å². The van der Waals surface area contributed by atoms with E-state index in [4.69, 9.17) is 11.5 Å². The molecule has 1 fully saturated rings. The Balaban J connectivity index is 2.14. The summed E-state index contributed by atoms with van der Waals surface area (Å²) in [4.78, 5) is 24.8. The summed E-state index contributed by atoms with van der Waals surface area (Å²) >= 11 is 0. The highest BCUT2D eigenvalue weighted by Gasteiger charge is 2.15. The Labute approximate surface area is 104 Å². The number of carbonyl (C=O) groups excluding carboxylic acids is 1. The highest BCUT2D eigenvalue weighted by atomic mass is 16.1. The summed E-state index contributed by atoms with van der Waals surface area (Å²) < 4.78 is 1.16. The second-order valence-electron chi connectivity index (χ2n) is 4.44. The summed E-state index contributed by atoms with van der Waals surface area (Å²) in [7, 11) is 0. The van der Waals surface area contributed by atoms with E-state index in [-0.39, 0.29) is 12.1 Å². The summed E-state index contributed by atoms with van der Waals surface area (Å²) in [5.74, 6) is -0.646. The molecule has 0 spiro atoms. The van der Waals surface area contributed by atoms with Crippen LogP contribution in [0.15, 0.2) is 17.1 Å². The van der Waals surface area contributed by atoms with Gasteiger partial charge < -0.3 is 16.4 Å². The third kappa shape index (κ3) is 2.67. The van der Waals surface area contributed by atoms with Crippen LogP contribution in [0.25, 0.3) is 0 Å². The van der Waals surface area contributed by atoms with Gasteiger partial charge in [-0.3, -0.25) is 9.59 Å². The smallest absolute Gasteiger partial charge is 0.268 e. The van der Waals surface area contributed by atoms with Crippen LogP contribution in [-0.4, -0.2) is 34.8 Å². The van der Waals surface area contributed by atoms with E-state index < -0.39 is 11.9 Å². The maximum absolute atomic E-state index is 11.8. The van der Waals surface area contributed by atoms with Gasteiger partial charge in [-0.05, 0) is 12.8 Å². The molecule has 1 amide bonds. The van der Waals surface area contributed by atoms with Crippen LogP contribution >= 0.6 is 0 Å². The topological polar surface area (TPSA) is 107 Å². The normalized spacial score (nSPS) is 16.8. The summed E-state index contributed by atoms with van der Waals surface area (Å²) in [5.41, 5.74) is 11.1. The molecule has 0 saturated carbocycles. The number of nitrogens with two attached hydrogens (primary N) is 2. The molecule has 7 heteroatoms. The molecule has 1 unspecified atom stereocenters. The molecule has 7 nitrogen and oxygen atoms in total. The van der Waals surface area contributed by atoms with Gasteiger partial charge in [-0.15, -0.1) is 0 Å². The van der Waals surface area contributed by atoms with Gasteiger partial charge in [0.15, 0.2) is 0 Å². The molecule has 1 saturated heterocycles. The molecule has 0 aliphatic carbocycles. The minimum Gasteiger partial charge on any atom is -0.370 e. The molecule has 1 aromatic heterocycles. The molecule has 1 aromatic rings. The van der Waals surface area contributed by atoms with Gasteiger partial charge in [-0.1, -0.05) is 0 Å².